The Morgan fingerprint density at radius 3 is 2.69 bits per heavy atom. The van der Waals surface area contributed by atoms with Crippen LogP contribution in [0.5, 0.6) is 0 Å². The molecule has 1 heterocycles. The van der Waals surface area contributed by atoms with Crippen molar-refractivity contribution < 1.29 is 0 Å². The lowest BCUT2D eigenvalue weighted by atomic mass is 10.0. The van der Waals surface area contributed by atoms with Crippen molar-refractivity contribution in [3.05, 3.63) is 0 Å². The number of piperidine rings is 1. The molecule has 1 N–H and O–H groups in total. The molecule has 0 aliphatic carbocycles. The summed E-state index contributed by atoms with van der Waals surface area (Å²) in [5.74, 6) is 0. The van der Waals surface area contributed by atoms with Gasteiger partial charge in [-0.1, -0.05) is 19.8 Å². The highest BCUT2D eigenvalue weighted by Gasteiger charge is 2.19. The molecule has 16 heavy (non-hydrogen) atoms. The third-order valence-electron chi connectivity index (χ3n) is 3.39. The van der Waals surface area contributed by atoms with Gasteiger partial charge < -0.3 is 5.32 Å². The molecule has 1 atom stereocenters. The van der Waals surface area contributed by atoms with Crippen LogP contribution in [0.4, 0.5) is 0 Å². The summed E-state index contributed by atoms with van der Waals surface area (Å²) in [6.45, 7) is 7.28. The average molecular weight is 223 g/mol. The normalized spacial score (nSPS) is 20.6. The number of nitrogens with zero attached hydrogens (tertiary/aromatic N) is 2. The van der Waals surface area contributed by atoms with Crippen LogP contribution in [-0.2, 0) is 0 Å². The van der Waals surface area contributed by atoms with Crippen LogP contribution in [0.25, 0.3) is 0 Å². The van der Waals surface area contributed by atoms with Gasteiger partial charge in [0.15, 0.2) is 0 Å². The molecular weight excluding hydrogens is 198 g/mol. The van der Waals surface area contributed by atoms with Gasteiger partial charge >= 0.3 is 0 Å². The Morgan fingerprint density at radius 1 is 1.44 bits per heavy atom. The zero-order valence-electron chi connectivity index (χ0n) is 10.7. The van der Waals surface area contributed by atoms with E-state index in [-0.39, 0.29) is 0 Å². The van der Waals surface area contributed by atoms with Gasteiger partial charge in [-0.15, -0.1) is 0 Å². The van der Waals surface area contributed by atoms with Crippen molar-refractivity contribution in [2.75, 3.05) is 19.6 Å². The molecule has 1 fully saturated rings. The minimum absolute atomic E-state index is 0.595. The molecule has 1 saturated heterocycles. The standard InChI is InChI=1S/C13H25N3/c1-3-4-5-12(2)15-13-6-9-16(10-7-13)11-8-14/h12-13,15H,3-7,9-11H2,1-2H3. The van der Waals surface area contributed by atoms with Gasteiger partial charge in [0.05, 0.1) is 12.6 Å². The third kappa shape index (κ3) is 4.96. The predicted octanol–water partition coefficient (Wildman–Crippen LogP) is 2.14. The van der Waals surface area contributed by atoms with E-state index in [9.17, 15) is 0 Å². The maximum atomic E-state index is 8.62. The second-order valence-corrected chi connectivity index (χ2v) is 4.92. The van der Waals surface area contributed by atoms with Crippen molar-refractivity contribution in [3.63, 3.8) is 0 Å². The molecule has 92 valence electrons. The molecular formula is C13H25N3. The van der Waals surface area contributed by atoms with Gasteiger partial charge in [-0.2, -0.15) is 5.26 Å². The lowest BCUT2D eigenvalue weighted by Crippen LogP contribution is -2.45. The molecule has 1 aliphatic heterocycles. The molecule has 0 saturated carbocycles. The molecule has 0 aromatic heterocycles. The second kappa shape index (κ2) is 7.65. The maximum absolute atomic E-state index is 8.62. The van der Waals surface area contributed by atoms with E-state index in [2.05, 4.69) is 30.1 Å². The number of hydrogen-bond donors (Lipinski definition) is 1. The van der Waals surface area contributed by atoms with Gasteiger partial charge in [-0.05, 0) is 26.2 Å². The van der Waals surface area contributed by atoms with Gasteiger partial charge in [-0.3, -0.25) is 4.90 Å². The molecule has 1 aliphatic rings. The van der Waals surface area contributed by atoms with Gasteiger partial charge in [0.1, 0.15) is 0 Å². The minimum atomic E-state index is 0.595. The number of hydrogen-bond acceptors (Lipinski definition) is 3. The van der Waals surface area contributed by atoms with Crippen LogP contribution in [0.1, 0.15) is 46.0 Å². The average Bonchev–Trinajstić information content (AvgIpc) is 2.29. The first-order valence-corrected chi connectivity index (χ1v) is 6.61. The Kier molecular flexibility index (Phi) is 6.44. The number of nitriles is 1. The van der Waals surface area contributed by atoms with Crippen molar-refractivity contribution in [1.29, 1.82) is 5.26 Å². The highest BCUT2D eigenvalue weighted by molar-refractivity contribution is 4.84. The molecule has 1 unspecified atom stereocenters. The molecule has 0 radical (unpaired) electrons. The minimum Gasteiger partial charge on any atom is -0.311 e. The lowest BCUT2D eigenvalue weighted by molar-refractivity contribution is 0.208. The van der Waals surface area contributed by atoms with E-state index in [0.717, 1.165) is 13.1 Å². The quantitative estimate of drug-likeness (QED) is 0.701. The Labute approximate surface area is 99.8 Å². The molecule has 3 nitrogen and oxygen atoms in total. The Balaban J connectivity index is 2.14. The van der Waals surface area contributed by atoms with Gasteiger partial charge in [0.25, 0.3) is 0 Å². The first-order chi connectivity index (χ1) is 7.76. The summed E-state index contributed by atoms with van der Waals surface area (Å²) in [6, 6.07) is 3.54. The fraction of sp³-hybridized carbons (Fsp3) is 0.923. The van der Waals surface area contributed by atoms with E-state index in [1.54, 1.807) is 0 Å². The molecule has 0 aromatic rings. The highest BCUT2D eigenvalue weighted by Crippen LogP contribution is 2.11. The molecule has 0 amide bonds. The van der Waals surface area contributed by atoms with E-state index >= 15 is 0 Å². The highest BCUT2D eigenvalue weighted by atomic mass is 15.1. The van der Waals surface area contributed by atoms with Crippen LogP contribution in [-0.4, -0.2) is 36.6 Å². The molecule has 1 rings (SSSR count). The van der Waals surface area contributed by atoms with E-state index in [0.29, 0.717) is 18.6 Å². The number of rotatable bonds is 6. The van der Waals surface area contributed by atoms with Crippen molar-refractivity contribution in [2.24, 2.45) is 0 Å². The van der Waals surface area contributed by atoms with Crippen LogP contribution >= 0.6 is 0 Å². The third-order valence-corrected chi connectivity index (χ3v) is 3.39. The fourth-order valence-electron chi connectivity index (χ4n) is 2.35. The molecule has 0 spiro atoms. The summed E-state index contributed by atoms with van der Waals surface area (Å²) in [5.41, 5.74) is 0. The van der Waals surface area contributed by atoms with Gasteiger partial charge in [0.2, 0.25) is 0 Å². The van der Waals surface area contributed by atoms with E-state index < -0.39 is 0 Å². The molecule has 0 bridgehead atoms. The first kappa shape index (κ1) is 13.5. The first-order valence-electron chi connectivity index (χ1n) is 6.61. The van der Waals surface area contributed by atoms with E-state index in [1.807, 2.05) is 0 Å². The Hall–Kier alpha value is -0.590. The smallest absolute Gasteiger partial charge is 0.0866 e. The van der Waals surface area contributed by atoms with Crippen molar-refractivity contribution in [3.8, 4) is 6.07 Å². The summed E-state index contributed by atoms with van der Waals surface area (Å²) in [4.78, 5) is 2.24. The summed E-state index contributed by atoms with van der Waals surface area (Å²) >= 11 is 0. The maximum Gasteiger partial charge on any atom is 0.0866 e. The van der Waals surface area contributed by atoms with E-state index in [4.69, 9.17) is 5.26 Å². The van der Waals surface area contributed by atoms with Crippen LogP contribution in [0, 0.1) is 11.3 Å². The van der Waals surface area contributed by atoms with Crippen LogP contribution in [0.3, 0.4) is 0 Å². The van der Waals surface area contributed by atoms with Gasteiger partial charge in [-0.25, -0.2) is 0 Å². The lowest BCUT2D eigenvalue weighted by Gasteiger charge is -2.32. The van der Waals surface area contributed by atoms with Crippen molar-refractivity contribution in [2.45, 2.75) is 58.0 Å². The Bertz CT molecular complexity index is 214. The zero-order chi connectivity index (χ0) is 11.8. The van der Waals surface area contributed by atoms with Crippen molar-refractivity contribution in [1.82, 2.24) is 10.2 Å². The van der Waals surface area contributed by atoms with Crippen LogP contribution < -0.4 is 5.32 Å². The summed E-state index contributed by atoms with van der Waals surface area (Å²) in [6.07, 6.45) is 6.28. The summed E-state index contributed by atoms with van der Waals surface area (Å²) in [7, 11) is 0. The number of unbranched alkanes of at least 4 members (excludes halogenated alkanes) is 1. The largest absolute Gasteiger partial charge is 0.311 e. The molecule has 0 aromatic carbocycles. The van der Waals surface area contributed by atoms with Crippen molar-refractivity contribution >= 4 is 0 Å². The molecule has 3 heteroatoms. The monoisotopic (exact) mass is 223 g/mol. The SMILES string of the molecule is CCCCC(C)NC1CCN(CC#N)CC1. The number of nitrogens with one attached hydrogen (secondary N) is 1. The summed E-state index contributed by atoms with van der Waals surface area (Å²) < 4.78 is 0. The number of likely N-dealkylation sites (tertiary alicyclic amines) is 1. The van der Waals surface area contributed by atoms with Crippen LogP contribution in [0.2, 0.25) is 0 Å². The summed E-state index contributed by atoms with van der Waals surface area (Å²) in [5, 5.41) is 12.3. The predicted molar refractivity (Wildman–Crippen MR) is 67.2 cm³/mol. The van der Waals surface area contributed by atoms with E-state index in [1.165, 1.54) is 32.1 Å². The second-order valence-electron chi connectivity index (χ2n) is 4.92. The van der Waals surface area contributed by atoms with Gasteiger partial charge in [0, 0.05) is 25.2 Å². The van der Waals surface area contributed by atoms with Crippen LogP contribution in [0.15, 0.2) is 0 Å². The Morgan fingerprint density at radius 2 is 2.12 bits per heavy atom. The fourth-order valence-corrected chi connectivity index (χ4v) is 2.35. The zero-order valence-corrected chi connectivity index (χ0v) is 10.7. The topological polar surface area (TPSA) is 39.1 Å².